The summed E-state index contributed by atoms with van der Waals surface area (Å²) in [5, 5.41) is 25.7. The van der Waals surface area contributed by atoms with Gasteiger partial charge in [-0.25, -0.2) is 4.79 Å². The van der Waals surface area contributed by atoms with Crippen LogP contribution in [0.4, 0.5) is 10.6 Å². The van der Waals surface area contributed by atoms with Gasteiger partial charge in [0, 0.05) is 29.9 Å². The summed E-state index contributed by atoms with van der Waals surface area (Å²) in [4.78, 5) is 24.3. The first-order valence-corrected chi connectivity index (χ1v) is 9.96. The topological polar surface area (TPSA) is 134 Å². The second-order valence-corrected chi connectivity index (χ2v) is 7.32. The van der Waals surface area contributed by atoms with Gasteiger partial charge in [0.1, 0.15) is 11.8 Å². The van der Waals surface area contributed by atoms with Crippen LogP contribution < -0.4 is 10.6 Å². The number of aromatic amines is 1. The van der Waals surface area contributed by atoms with Crippen molar-refractivity contribution >= 4 is 17.8 Å². The standard InChI is InChI=1S/C19H28N6O4/c1-3-12(2)21-19(28)29-14-5-4-13(10-14)15-11-17(24-23-15)22-18(27)16-6-7-20-25(16)8-9-26/h6-7,11-14,26H,3-5,8-10H2,1-2H3,(H,21,28)(H2,22,23,24,27)/t12-,13-,14+/m0/s1. The highest BCUT2D eigenvalue weighted by Gasteiger charge is 2.30. The maximum absolute atomic E-state index is 12.4. The van der Waals surface area contributed by atoms with Gasteiger partial charge in [-0.15, -0.1) is 0 Å². The molecule has 2 heterocycles. The number of H-pyrrole nitrogens is 1. The van der Waals surface area contributed by atoms with E-state index in [2.05, 4.69) is 25.9 Å². The van der Waals surface area contributed by atoms with Gasteiger partial charge < -0.3 is 20.5 Å². The molecule has 0 aromatic carbocycles. The molecule has 1 aliphatic carbocycles. The molecule has 2 aromatic heterocycles. The number of amides is 2. The van der Waals surface area contributed by atoms with E-state index in [9.17, 15) is 9.59 Å². The first-order chi connectivity index (χ1) is 14.0. The van der Waals surface area contributed by atoms with E-state index in [4.69, 9.17) is 9.84 Å². The molecule has 1 aliphatic rings. The Morgan fingerprint density at radius 3 is 3.03 bits per heavy atom. The number of carbonyl (C=O) groups excluding carboxylic acids is 2. The van der Waals surface area contributed by atoms with Crippen molar-refractivity contribution in [1.29, 1.82) is 0 Å². The SMILES string of the molecule is CC[C@H](C)NC(=O)O[C@@H]1CC[C@H](c2cc(NC(=O)c3ccnn3CCO)n[nH]2)C1. The fourth-order valence-electron chi connectivity index (χ4n) is 3.41. The number of aliphatic hydroxyl groups excluding tert-OH is 1. The van der Waals surface area contributed by atoms with Crippen molar-refractivity contribution in [3.63, 3.8) is 0 Å². The molecule has 158 valence electrons. The monoisotopic (exact) mass is 404 g/mol. The van der Waals surface area contributed by atoms with Crippen LogP contribution in [0.25, 0.3) is 0 Å². The van der Waals surface area contributed by atoms with E-state index in [1.54, 1.807) is 12.1 Å². The maximum Gasteiger partial charge on any atom is 0.407 e. The molecule has 0 unspecified atom stereocenters. The number of aliphatic hydroxyl groups is 1. The lowest BCUT2D eigenvalue weighted by atomic mass is 10.0. The van der Waals surface area contributed by atoms with Crippen molar-refractivity contribution in [2.24, 2.45) is 0 Å². The van der Waals surface area contributed by atoms with Crippen LogP contribution in [0.1, 0.15) is 61.6 Å². The van der Waals surface area contributed by atoms with Gasteiger partial charge in [-0.3, -0.25) is 14.6 Å². The largest absolute Gasteiger partial charge is 0.446 e. The van der Waals surface area contributed by atoms with Crippen LogP contribution >= 0.6 is 0 Å². The lowest BCUT2D eigenvalue weighted by Gasteiger charge is -2.16. The fourth-order valence-corrected chi connectivity index (χ4v) is 3.41. The minimum atomic E-state index is -0.373. The quantitative estimate of drug-likeness (QED) is 0.532. The van der Waals surface area contributed by atoms with E-state index in [1.807, 2.05) is 13.8 Å². The van der Waals surface area contributed by atoms with E-state index in [0.29, 0.717) is 17.9 Å². The molecule has 0 aliphatic heterocycles. The predicted octanol–water partition coefficient (Wildman–Crippen LogP) is 2.01. The number of carbonyl (C=O) groups is 2. The van der Waals surface area contributed by atoms with Crippen molar-refractivity contribution in [3.8, 4) is 0 Å². The number of hydrogen-bond acceptors (Lipinski definition) is 6. The number of hydrogen-bond donors (Lipinski definition) is 4. The molecule has 0 radical (unpaired) electrons. The van der Waals surface area contributed by atoms with E-state index in [0.717, 1.165) is 25.0 Å². The summed E-state index contributed by atoms with van der Waals surface area (Å²) in [7, 11) is 0. The van der Waals surface area contributed by atoms with E-state index in [1.165, 1.54) is 10.9 Å². The third-order valence-corrected chi connectivity index (χ3v) is 5.17. The maximum atomic E-state index is 12.4. The highest BCUT2D eigenvalue weighted by Crippen LogP contribution is 2.35. The Kier molecular flexibility index (Phi) is 6.86. The van der Waals surface area contributed by atoms with Crippen molar-refractivity contribution in [3.05, 3.63) is 29.7 Å². The highest BCUT2D eigenvalue weighted by atomic mass is 16.6. The van der Waals surface area contributed by atoms with Crippen LogP contribution in [0.2, 0.25) is 0 Å². The summed E-state index contributed by atoms with van der Waals surface area (Å²) in [6, 6.07) is 3.48. The number of nitrogens with zero attached hydrogens (tertiary/aromatic N) is 3. The van der Waals surface area contributed by atoms with Gasteiger partial charge in [0.15, 0.2) is 5.82 Å². The average molecular weight is 404 g/mol. The normalized spacial score (nSPS) is 19.7. The summed E-state index contributed by atoms with van der Waals surface area (Å²) in [5.74, 6) is 0.262. The molecule has 10 nitrogen and oxygen atoms in total. The zero-order chi connectivity index (χ0) is 20.8. The molecule has 1 fully saturated rings. The molecule has 3 rings (SSSR count). The zero-order valence-corrected chi connectivity index (χ0v) is 16.7. The molecule has 2 aromatic rings. The lowest BCUT2D eigenvalue weighted by molar-refractivity contribution is 0.0972. The Morgan fingerprint density at radius 2 is 2.28 bits per heavy atom. The van der Waals surface area contributed by atoms with Gasteiger partial charge in [0.25, 0.3) is 5.91 Å². The molecule has 0 spiro atoms. The van der Waals surface area contributed by atoms with Gasteiger partial charge >= 0.3 is 6.09 Å². The fraction of sp³-hybridized carbons (Fsp3) is 0.579. The Bertz CT molecular complexity index is 832. The Balaban J connectivity index is 1.53. The Morgan fingerprint density at radius 1 is 1.45 bits per heavy atom. The molecule has 3 atom stereocenters. The van der Waals surface area contributed by atoms with Gasteiger partial charge in [-0.1, -0.05) is 6.92 Å². The van der Waals surface area contributed by atoms with E-state index >= 15 is 0 Å². The summed E-state index contributed by atoms with van der Waals surface area (Å²) in [6.07, 6.45) is 4.25. The molecule has 0 saturated heterocycles. The first-order valence-electron chi connectivity index (χ1n) is 9.96. The second-order valence-electron chi connectivity index (χ2n) is 7.32. The average Bonchev–Trinajstić information content (AvgIpc) is 3.42. The van der Waals surface area contributed by atoms with Gasteiger partial charge in [0.2, 0.25) is 0 Å². The zero-order valence-electron chi connectivity index (χ0n) is 16.7. The van der Waals surface area contributed by atoms with Gasteiger partial charge in [0.05, 0.1) is 13.2 Å². The van der Waals surface area contributed by atoms with E-state index in [-0.39, 0.29) is 43.2 Å². The lowest BCUT2D eigenvalue weighted by Crippen LogP contribution is -2.34. The van der Waals surface area contributed by atoms with Crippen molar-refractivity contribution in [2.75, 3.05) is 11.9 Å². The van der Waals surface area contributed by atoms with E-state index < -0.39 is 0 Å². The van der Waals surface area contributed by atoms with Crippen LogP contribution in [0.15, 0.2) is 18.3 Å². The molecular formula is C19H28N6O4. The summed E-state index contributed by atoms with van der Waals surface area (Å²) >= 11 is 0. The number of anilines is 1. The second kappa shape index (κ2) is 9.55. The Hall–Kier alpha value is -2.88. The summed E-state index contributed by atoms with van der Waals surface area (Å²) < 4.78 is 6.94. The molecule has 10 heteroatoms. The van der Waals surface area contributed by atoms with Crippen LogP contribution in [0, 0.1) is 0 Å². The molecule has 2 amide bonds. The van der Waals surface area contributed by atoms with Crippen molar-refractivity contribution in [2.45, 2.75) is 64.1 Å². The van der Waals surface area contributed by atoms with Crippen LogP contribution in [0.3, 0.4) is 0 Å². The Labute approximate surface area is 169 Å². The third kappa shape index (κ3) is 5.35. The van der Waals surface area contributed by atoms with Crippen LogP contribution in [-0.4, -0.2) is 55.8 Å². The number of nitrogens with one attached hydrogen (secondary N) is 3. The summed E-state index contributed by atoms with van der Waals surface area (Å²) in [6.45, 7) is 4.09. The number of ether oxygens (including phenoxy) is 1. The molecule has 0 bridgehead atoms. The molecule has 1 saturated carbocycles. The first kappa shape index (κ1) is 20.8. The third-order valence-electron chi connectivity index (χ3n) is 5.17. The number of alkyl carbamates (subject to hydrolysis) is 1. The number of rotatable bonds is 8. The highest BCUT2D eigenvalue weighted by molar-refractivity contribution is 6.02. The smallest absolute Gasteiger partial charge is 0.407 e. The predicted molar refractivity (Wildman–Crippen MR) is 106 cm³/mol. The molecular weight excluding hydrogens is 376 g/mol. The summed E-state index contributed by atoms with van der Waals surface area (Å²) in [5.41, 5.74) is 1.25. The molecule has 4 N–H and O–H groups in total. The minimum Gasteiger partial charge on any atom is -0.446 e. The van der Waals surface area contributed by atoms with Gasteiger partial charge in [-0.2, -0.15) is 10.2 Å². The molecule has 29 heavy (non-hydrogen) atoms. The van der Waals surface area contributed by atoms with Crippen molar-refractivity contribution < 1.29 is 19.4 Å². The van der Waals surface area contributed by atoms with Crippen LogP contribution in [0.5, 0.6) is 0 Å². The van der Waals surface area contributed by atoms with Gasteiger partial charge in [-0.05, 0) is 38.7 Å². The van der Waals surface area contributed by atoms with Crippen molar-refractivity contribution in [1.82, 2.24) is 25.3 Å². The van der Waals surface area contributed by atoms with Crippen LogP contribution in [-0.2, 0) is 11.3 Å². The minimum absolute atomic E-state index is 0.0900. The number of aromatic nitrogens is 4.